The fraction of sp³-hybridized carbons (Fsp3) is 0.133. The lowest BCUT2D eigenvalue weighted by Crippen LogP contribution is -2.16. The van der Waals surface area contributed by atoms with Crippen LogP contribution >= 0.6 is 34.3 Å². The van der Waals surface area contributed by atoms with Gasteiger partial charge >= 0.3 is 0 Å². The second-order valence-electron chi connectivity index (χ2n) is 5.20. The van der Waals surface area contributed by atoms with E-state index in [4.69, 9.17) is 18.0 Å². The van der Waals surface area contributed by atoms with Crippen LogP contribution in [0.2, 0.25) is 4.34 Å². The molecule has 0 aliphatic carbocycles. The maximum absolute atomic E-state index is 12.5. The van der Waals surface area contributed by atoms with Crippen molar-refractivity contribution in [3.63, 3.8) is 0 Å². The molecule has 0 amide bonds. The minimum Gasteiger partial charge on any atom is -0.304 e. The number of sulfone groups is 1. The molecule has 6 nitrogen and oxygen atoms in total. The molecule has 0 atom stereocenters. The largest absolute Gasteiger partial charge is 0.304 e. The van der Waals surface area contributed by atoms with Crippen LogP contribution < -0.4 is 4.80 Å². The lowest BCUT2D eigenvalue weighted by atomic mass is 10.3. The Morgan fingerprint density at radius 1 is 1.19 bits per heavy atom. The average molecular weight is 447 g/mol. The van der Waals surface area contributed by atoms with Crippen molar-refractivity contribution in [2.45, 2.75) is 15.6 Å². The Labute approximate surface area is 163 Å². The molecule has 0 bridgehead atoms. The first-order valence-electron chi connectivity index (χ1n) is 6.95. The second kappa shape index (κ2) is 6.83. The van der Waals surface area contributed by atoms with E-state index in [9.17, 15) is 16.8 Å². The zero-order chi connectivity index (χ0) is 19.1. The van der Waals surface area contributed by atoms with E-state index in [2.05, 4.69) is 10.3 Å². The Hall–Kier alpha value is -1.64. The SMILES string of the molecule is C#CCn1/c(=N/S(=O)(=O)c2ccc(Cl)s2)sc2cc(S(C)(=O)=O)ccc21. The summed E-state index contributed by atoms with van der Waals surface area (Å²) in [7, 11) is -7.35. The number of nitrogens with zero attached hydrogens (tertiary/aromatic N) is 2. The maximum Gasteiger partial charge on any atom is 0.294 e. The van der Waals surface area contributed by atoms with E-state index in [1.54, 1.807) is 10.6 Å². The van der Waals surface area contributed by atoms with Crippen LogP contribution in [0.4, 0.5) is 0 Å². The molecule has 2 heterocycles. The summed E-state index contributed by atoms with van der Waals surface area (Å²) in [6.07, 6.45) is 6.49. The summed E-state index contributed by atoms with van der Waals surface area (Å²) in [5.74, 6) is 2.46. The molecule has 2 aromatic heterocycles. The predicted molar refractivity (Wildman–Crippen MR) is 104 cm³/mol. The van der Waals surface area contributed by atoms with Crippen molar-refractivity contribution in [1.82, 2.24) is 4.57 Å². The van der Waals surface area contributed by atoms with Gasteiger partial charge in [0.1, 0.15) is 4.21 Å². The first-order chi connectivity index (χ1) is 12.1. The van der Waals surface area contributed by atoms with Crippen LogP contribution in [0.25, 0.3) is 10.2 Å². The monoisotopic (exact) mass is 446 g/mol. The third kappa shape index (κ3) is 3.72. The van der Waals surface area contributed by atoms with Crippen LogP contribution in [-0.4, -0.2) is 27.7 Å². The number of terminal acetylenes is 1. The van der Waals surface area contributed by atoms with Crippen LogP contribution in [-0.2, 0) is 26.4 Å². The van der Waals surface area contributed by atoms with Gasteiger partial charge in [0.25, 0.3) is 10.0 Å². The third-order valence-corrected chi connectivity index (χ3v) is 8.57. The van der Waals surface area contributed by atoms with Gasteiger partial charge in [0, 0.05) is 6.26 Å². The summed E-state index contributed by atoms with van der Waals surface area (Å²) in [5.41, 5.74) is 0.610. The minimum absolute atomic E-state index is 0.0176. The molecule has 0 saturated heterocycles. The highest BCUT2D eigenvalue weighted by molar-refractivity contribution is 7.92. The average Bonchev–Trinajstić information content (AvgIpc) is 3.11. The second-order valence-corrected chi connectivity index (χ2v) is 11.8. The Balaban J connectivity index is 2.28. The van der Waals surface area contributed by atoms with Gasteiger partial charge in [-0.05, 0) is 30.3 Å². The first-order valence-corrected chi connectivity index (χ1v) is 12.3. The van der Waals surface area contributed by atoms with E-state index in [0.717, 1.165) is 28.9 Å². The molecule has 11 heteroatoms. The molecular weight excluding hydrogens is 436 g/mol. The molecule has 26 heavy (non-hydrogen) atoms. The zero-order valence-corrected chi connectivity index (χ0v) is 17.2. The molecule has 0 aliphatic heterocycles. The molecule has 0 unspecified atom stereocenters. The fourth-order valence-electron chi connectivity index (χ4n) is 2.18. The number of fused-ring (bicyclic) bond motifs is 1. The summed E-state index contributed by atoms with van der Waals surface area (Å²) in [6, 6.07) is 7.39. The summed E-state index contributed by atoms with van der Waals surface area (Å²) in [4.78, 5) is 0.298. The van der Waals surface area contributed by atoms with Crippen LogP contribution in [0, 0.1) is 12.3 Å². The highest BCUT2D eigenvalue weighted by Crippen LogP contribution is 2.27. The Kier molecular flexibility index (Phi) is 5.02. The van der Waals surface area contributed by atoms with Crippen molar-refractivity contribution in [2.75, 3.05) is 6.26 Å². The Morgan fingerprint density at radius 2 is 1.92 bits per heavy atom. The number of rotatable bonds is 4. The predicted octanol–water partition coefficient (Wildman–Crippen LogP) is 2.74. The lowest BCUT2D eigenvalue weighted by Gasteiger charge is -2.01. The van der Waals surface area contributed by atoms with Crippen molar-refractivity contribution in [1.29, 1.82) is 0 Å². The molecule has 0 radical (unpaired) electrons. The van der Waals surface area contributed by atoms with E-state index >= 15 is 0 Å². The smallest absolute Gasteiger partial charge is 0.294 e. The highest BCUT2D eigenvalue weighted by atomic mass is 35.5. The summed E-state index contributed by atoms with van der Waals surface area (Å²) in [6.45, 7) is 0.0950. The third-order valence-electron chi connectivity index (χ3n) is 3.33. The molecule has 0 spiro atoms. The molecule has 0 fully saturated rings. The number of aromatic nitrogens is 1. The van der Waals surface area contributed by atoms with Crippen molar-refractivity contribution < 1.29 is 16.8 Å². The van der Waals surface area contributed by atoms with Crippen LogP contribution in [0.5, 0.6) is 0 Å². The normalized spacial score (nSPS) is 13.2. The van der Waals surface area contributed by atoms with Gasteiger partial charge in [-0.1, -0.05) is 28.9 Å². The quantitative estimate of drug-likeness (QED) is 0.576. The lowest BCUT2D eigenvalue weighted by molar-refractivity contribution is 0.597. The topological polar surface area (TPSA) is 85.6 Å². The molecule has 0 aliphatic rings. The highest BCUT2D eigenvalue weighted by Gasteiger charge is 2.18. The van der Waals surface area contributed by atoms with E-state index in [0.29, 0.717) is 14.6 Å². The first kappa shape index (κ1) is 19.1. The van der Waals surface area contributed by atoms with E-state index in [-0.39, 0.29) is 20.5 Å². The number of sulfonamides is 1. The van der Waals surface area contributed by atoms with Gasteiger partial charge in [0.15, 0.2) is 9.84 Å². The van der Waals surface area contributed by atoms with Crippen LogP contribution in [0.15, 0.2) is 43.8 Å². The molecule has 3 aromatic rings. The maximum atomic E-state index is 12.5. The van der Waals surface area contributed by atoms with Crippen molar-refractivity contribution >= 4 is 64.4 Å². The molecular formula is C15H11ClN2O4S4. The van der Waals surface area contributed by atoms with Crippen molar-refractivity contribution in [3.05, 3.63) is 39.5 Å². The molecule has 0 saturated carbocycles. The zero-order valence-electron chi connectivity index (χ0n) is 13.2. The van der Waals surface area contributed by atoms with Gasteiger partial charge in [-0.25, -0.2) is 8.42 Å². The van der Waals surface area contributed by atoms with Gasteiger partial charge in [-0.15, -0.1) is 22.2 Å². The number of thiophene rings is 1. The Morgan fingerprint density at radius 3 is 2.50 bits per heavy atom. The number of hydrogen-bond donors (Lipinski definition) is 0. The van der Waals surface area contributed by atoms with E-state index in [1.807, 2.05) is 0 Å². The summed E-state index contributed by atoms with van der Waals surface area (Å²) >= 11 is 7.76. The molecule has 136 valence electrons. The fourth-order valence-corrected chi connectivity index (χ4v) is 6.64. The van der Waals surface area contributed by atoms with Crippen molar-refractivity contribution in [2.24, 2.45) is 4.40 Å². The number of thiazole rings is 1. The Bertz CT molecular complexity index is 1320. The van der Waals surface area contributed by atoms with E-state index < -0.39 is 19.9 Å². The molecule has 1 aromatic carbocycles. The summed E-state index contributed by atoms with van der Waals surface area (Å²) in [5, 5.41) is 0. The van der Waals surface area contributed by atoms with Crippen LogP contribution in [0.1, 0.15) is 0 Å². The number of benzene rings is 1. The van der Waals surface area contributed by atoms with Gasteiger partial charge in [-0.2, -0.15) is 8.42 Å². The van der Waals surface area contributed by atoms with Crippen LogP contribution in [0.3, 0.4) is 0 Å². The van der Waals surface area contributed by atoms with Gasteiger partial charge < -0.3 is 4.57 Å². The standard InChI is InChI=1S/C15H11ClN2O4S4/c1-3-8-18-11-5-4-10(25(2,19)20)9-12(11)23-15(18)17-26(21,22)14-7-6-13(16)24-14/h1,4-7,9H,8H2,2H3/b17-15-. The van der Waals surface area contributed by atoms with Gasteiger partial charge in [0.05, 0.1) is 26.0 Å². The number of halogens is 1. The molecule has 0 N–H and O–H groups in total. The molecule has 3 rings (SSSR count). The summed E-state index contributed by atoms with van der Waals surface area (Å²) < 4.78 is 54.9. The van der Waals surface area contributed by atoms with E-state index in [1.165, 1.54) is 24.3 Å². The minimum atomic E-state index is -3.96. The van der Waals surface area contributed by atoms with Gasteiger partial charge in [0.2, 0.25) is 4.80 Å². The van der Waals surface area contributed by atoms with Gasteiger partial charge in [-0.3, -0.25) is 0 Å². The number of hydrogen-bond acceptors (Lipinski definition) is 6. The van der Waals surface area contributed by atoms with Crippen molar-refractivity contribution in [3.8, 4) is 12.3 Å².